The molecule has 1 heterocycles. The molecule has 1 saturated heterocycles. The molecule has 148 valence electrons. The number of hydrogen-bond acceptors (Lipinski definition) is 4. The molecule has 0 radical (unpaired) electrons. The van der Waals surface area contributed by atoms with Crippen molar-refractivity contribution in [2.45, 2.75) is 19.1 Å². The summed E-state index contributed by atoms with van der Waals surface area (Å²) in [6, 6.07) is 11.5. The summed E-state index contributed by atoms with van der Waals surface area (Å²) in [5.41, 5.74) is 1.74. The van der Waals surface area contributed by atoms with Crippen LogP contribution < -0.4 is 4.74 Å². The summed E-state index contributed by atoms with van der Waals surface area (Å²) in [7, 11) is 0. The van der Waals surface area contributed by atoms with Gasteiger partial charge in [0.05, 0.1) is 12.7 Å². The van der Waals surface area contributed by atoms with E-state index in [4.69, 9.17) is 9.47 Å². The number of benzene rings is 2. The van der Waals surface area contributed by atoms with Crippen LogP contribution in [0.25, 0.3) is 0 Å². The number of hydrogen-bond donors (Lipinski definition) is 1. The van der Waals surface area contributed by atoms with Gasteiger partial charge >= 0.3 is 0 Å². The third-order valence-corrected chi connectivity index (χ3v) is 4.40. The molecule has 0 aromatic heterocycles. The Bertz CT molecular complexity index is 730. The topological polar surface area (TPSA) is 41.9 Å². The zero-order valence-corrected chi connectivity index (χ0v) is 15.9. The van der Waals surface area contributed by atoms with Crippen molar-refractivity contribution in [1.82, 2.24) is 4.90 Å². The van der Waals surface area contributed by atoms with Gasteiger partial charge in [0.1, 0.15) is 18.5 Å². The first-order valence-electron chi connectivity index (χ1n) is 8.67. The monoisotopic (exact) mass is 399 g/mol. The normalized spacial score (nSPS) is 18.6. The van der Waals surface area contributed by atoms with Crippen LogP contribution in [0.15, 0.2) is 42.5 Å². The Labute approximate surface area is 164 Å². The summed E-state index contributed by atoms with van der Waals surface area (Å²) in [5, 5.41) is 10.2. The highest BCUT2D eigenvalue weighted by Crippen LogP contribution is 2.24. The van der Waals surface area contributed by atoms with E-state index < -0.39 is 17.7 Å². The first-order chi connectivity index (χ1) is 12.5. The van der Waals surface area contributed by atoms with E-state index in [0.717, 1.165) is 17.4 Å². The number of aliphatic hydroxyl groups excluding tert-OH is 1. The molecule has 0 aliphatic carbocycles. The maximum Gasteiger partial charge on any atom is 0.159 e. The van der Waals surface area contributed by atoms with Crippen LogP contribution in [0.1, 0.15) is 17.2 Å². The molecule has 27 heavy (non-hydrogen) atoms. The largest absolute Gasteiger partial charge is 0.491 e. The lowest BCUT2D eigenvalue weighted by atomic mass is 10.1. The first kappa shape index (κ1) is 21.6. The molecule has 1 aliphatic rings. The molecule has 2 aromatic rings. The summed E-state index contributed by atoms with van der Waals surface area (Å²) in [5.74, 6) is -1.03. The van der Waals surface area contributed by atoms with Gasteiger partial charge in [-0.05, 0) is 36.8 Å². The van der Waals surface area contributed by atoms with E-state index in [-0.39, 0.29) is 25.1 Å². The van der Waals surface area contributed by atoms with E-state index >= 15 is 0 Å². The fourth-order valence-corrected chi connectivity index (χ4v) is 2.96. The van der Waals surface area contributed by atoms with Gasteiger partial charge in [0.2, 0.25) is 0 Å². The summed E-state index contributed by atoms with van der Waals surface area (Å²) in [6.07, 6.45) is -0.996. The van der Waals surface area contributed by atoms with Gasteiger partial charge in [-0.2, -0.15) is 0 Å². The van der Waals surface area contributed by atoms with E-state index in [9.17, 15) is 13.9 Å². The number of aryl methyl sites for hydroxylation is 1. The average Bonchev–Trinajstić information content (AvgIpc) is 2.64. The Hall–Kier alpha value is -1.73. The Balaban J connectivity index is 0.00000261. The number of aliphatic hydroxyl groups is 1. The van der Waals surface area contributed by atoms with Crippen molar-refractivity contribution in [1.29, 1.82) is 0 Å². The summed E-state index contributed by atoms with van der Waals surface area (Å²) in [6.45, 7) is 4.26. The molecule has 2 atom stereocenters. The molecular formula is C20H24ClF2NO3. The van der Waals surface area contributed by atoms with Gasteiger partial charge in [0.15, 0.2) is 11.6 Å². The zero-order chi connectivity index (χ0) is 18.5. The summed E-state index contributed by atoms with van der Waals surface area (Å²) >= 11 is 0. The fourth-order valence-electron chi connectivity index (χ4n) is 2.96. The first-order valence-corrected chi connectivity index (χ1v) is 8.67. The van der Waals surface area contributed by atoms with Gasteiger partial charge < -0.3 is 14.6 Å². The van der Waals surface area contributed by atoms with Crippen molar-refractivity contribution in [3.63, 3.8) is 0 Å². The van der Waals surface area contributed by atoms with E-state index in [1.807, 2.05) is 36.1 Å². The number of β-amino-alcohol motifs (C(OH)–C–C–N with tert-alkyl or cyclic N) is 1. The van der Waals surface area contributed by atoms with E-state index in [2.05, 4.69) is 0 Å². The third kappa shape index (κ3) is 6.14. The second-order valence-electron chi connectivity index (χ2n) is 6.57. The van der Waals surface area contributed by atoms with Crippen LogP contribution >= 0.6 is 12.4 Å². The van der Waals surface area contributed by atoms with Crippen molar-refractivity contribution >= 4 is 12.4 Å². The lowest BCUT2D eigenvalue weighted by molar-refractivity contribution is -0.0460. The van der Waals surface area contributed by atoms with Crippen LogP contribution in [0.5, 0.6) is 5.75 Å². The lowest BCUT2D eigenvalue weighted by Gasteiger charge is -2.34. The van der Waals surface area contributed by atoms with E-state index in [1.54, 1.807) is 0 Å². The van der Waals surface area contributed by atoms with Crippen LogP contribution in [0.2, 0.25) is 0 Å². The lowest BCUT2D eigenvalue weighted by Crippen LogP contribution is -2.43. The number of morpholine rings is 1. The van der Waals surface area contributed by atoms with E-state index in [1.165, 1.54) is 12.1 Å². The fraction of sp³-hybridized carbons (Fsp3) is 0.400. The molecule has 3 rings (SSSR count). The number of nitrogens with zero attached hydrogens (tertiary/aromatic N) is 1. The molecule has 0 amide bonds. The Morgan fingerprint density at radius 1 is 1.19 bits per heavy atom. The minimum atomic E-state index is -0.880. The zero-order valence-electron chi connectivity index (χ0n) is 15.1. The molecule has 0 spiro atoms. The molecule has 2 aromatic carbocycles. The molecule has 1 aliphatic heterocycles. The highest BCUT2D eigenvalue weighted by Gasteiger charge is 2.24. The Morgan fingerprint density at radius 2 is 1.93 bits per heavy atom. The van der Waals surface area contributed by atoms with Gasteiger partial charge in [-0.1, -0.05) is 23.8 Å². The molecule has 4 nitrogen and oxygen atoms in total. The minimum absolute atomic E-state index is 0. The van der Waals surface area contributed by atoms with Crippen LogP contribution in [0.3, 0.4) is 0 Å². The second-order valence-corrected chi connectivity index (χ2v) is 6.57. The van der Waals surface area contributed by atoms with Crippen LogP contribution in [-0.2, 0) is 4.74 Å². The average molecular weight is 400 g/mol. The maximum absolute atomic E-state index is 13.4. The molecule has 0 bridgehead atoms. The van der Waals surface area contributed by atoms with Gasteiger partial charge in [0, 0.05) is 19.6 Å². The van der Waals surface area contributed by atoms with Crippen molar-refractivity contribution in [2.75, 3.05) is 32.8 Å². The summed E-state index contributed by atoms with van der Waals surface area (Å²) < 4.78 is 37.8. The molecule has 0 saturated carbocycles. The van der Waals surface area contributed by atoms with Gasteiger partial charge in [0.25, 0.3) is 0 Å². The molecular weight excluding hydrogens is 376 g/mol. The number of rotatable bonds is 6. The molecule has 1 fully saturated rings. The smallest absolute Gasteiger partial charge is 0.159 e. The highest BCUT2D eigenvalue weighted by molar-refractivity contribution is 5.85. The highest BCUT2D eigenvalue weighted by atomic mass is 35.5. The van der Waals surface area contributed by atoms with Crippen LogP contribution in [-0.4, -0.2) is 49.0 Å². The predicted octanol–water partition coefficient (Wildman–Crippen LogP) is 3.51. The van der Waals surface area contributed by atoms with Crippen molar-refractivity contribution in [3.8, 4) is 5.75 Å². The number of ether oxygens (including phenoxy) is 2. The molecule has 7 heteroatoms. The Morgan fingerprint density at radius 3 is 2.63 bits per heavy atom. The van der Waals surface area contributed by atoms with Crippen LogP contribution in [0.4, 0.5) is 8.78 Å². The third-order valence-electron chi connectivity index (χ3n) is 4.40. The quantitative estimate of drug-likeness (QED) is 0.807. The SMILES string of the molecule is Cc1ccc(OCC(O)CN2CCOC(c3ccc(F)c(F)c3)C2)cc1.Cl. The van der Waals surface area contributed by atoms with Crippen LogP contribution in [0, 0.1) is 18.6 Å². The van der Waals surface area contributed by atoms with E-state index in [0.29, 0.717) is 31.8 Å². The van der Waals surface area contributed by atoms with Gasteiger partial charge in [-0.15, -0.1) is 12.4 Å². The summed E-state index contributed by atoms with van der Waals surface area (Å²) in [4.78, 5) is 2.04. The predicted molar refractivity (Wildman–Crippen MR) is 101 cm³/mol. The maximum atomic E-state index is 13.4. The minimum Gasteiger partial charge on any atom is -0.491 e. The van der Waals surface area contributed by atoms with Gasteiger partial charge in [-0.25, -0.2) is 8.78 Å². The second kappa shape index (κ2) is 9.99. The molecule has 2 unspecified atom stereocenters. The van der Waals surface area contributed by atoms with Crippen molar-refractivity contribution < 1.29 is 23.4 Å². The number of halogens is 3. The van der Waals surface area contributed by atoms with Crippen molar-refractivity contribution in [2.24, 2.45) is 0 Å². The van der Waals surface area contributed by atoms with Crippen molar-refractivity contribution in [3.05, 3.63) is 65.2 Å². The van der Waals surface area contributed by atoms with Gasteiger partial charge in [-0.3, -0.25) is 4.90 Å². The standard InChI is InChI=1S/C20H23F2NO3.ClH/c1-14-2-5-17(6-3-14)26-13-16(24)11-23-8-9-25-20(12-23)15-4-7-18(21)19(22)10-15;/h2-7,10,16,20,24H,8-9,11-13H2,1H3;1H. The molecule has 1 N–H and O–H groups in total. The Kier molecular flexibility index (Phi) is 7.98.